The first-order valence-corrected chi connectivity index (χ1v) is 12.2. The Morgan fingerprint density at radius 2 is 1.44 bits per heavy atom. The molecule has 1 aromatic heterocycles. The molecule has 0 saturated heterocycles. The number of nitrogens with zero attached hydrogens (tertiary/aromatic N) is 3. The average molecular weight is 434 g/mol. The molecule has 32 heavy (non-hydrogen) atoms. The van der Waals surface area contributed by atoms with Gasteiger partial charge in [-0.3, -0.25) is 0 Å². The molecule has 3 heteroatoms. The minimum absolute atomic E-state index is 0.812. The summed E-state index contributed by atoms with van der Waals surface area (Å²) < 4.78 is 0. The maximum absolute atomic E-state index is 4.42. The Morgan fingerprint density at radius 1 is 0.844 bits per heavy atom. The summed E-state index contributed by atoms with van der Waals surface area (Å²) in [5.74, 6) is 3.83. The van der Waals surface area contributed by atoms with Crippen LogP contribution in [0.5, 0.6) is 0 Å². The van der Waals surface area contributed by atoms with Crippen molar-refractivity contribution < 1.29 is 0 Å². The number of fused-ring (bicyclic) bond motifs is 1. The van der Waals surface area contributed by atoms with Crippen molar-refractivity contribution in [3.63, 3.8) is 0 Å². The molecule has 0 atom stereocenters. The summed E-state index contributed by atoms with van der Waals surface area (Å²) in [6.45, 7) is 13.1. The SMILES string of the molecule is CC1CCC(C)CC1.CCc1ccc(C)cc1C.Cc1nc(N(C)C)c2ccccc2n1. The predicted octanol–water partition coefficient (Wildman–Crippen LogP) is 7.70. The summed E-state index contributed by atoms with van der Waals surface area (Å²) >= 11 is 0. The van der Waals surface area contributed by atoms with Gasteiger partial charge in [0, 0.05) is 19.5 Å². The van der Waals surface area contributed by atoms with E-state index in [0.717, 1.165) is 40.8 Å². The van der Waals surface area contributed by atoms with Gasteiger partial charge < -0.3 is 4.90 Å². The molecule has 1 fully saturated rings. The van der Waals surface area contributed by atoms with E-state index in [1.807, 2.05) is 50.2 Å². The fourth-order valence-corrected chi connectivity index (χ4v) is 4.18. The second kappa shape index (κ2) is 12.6. The molecule has 0 bridgehead atoms. The van der Waals surface area contributed by atoms with Crippen LogP contribution in [0.25, 0.3) is 10.9 Å². The highest BCUT2D eigenvalue weighted by atomic mass is 15.1. The molecule has 1 aliphatic rings. The molecule has 1 aliphatic carbocycles. The topological polar surface area (TPSA) is 29.0 Å². The second-order valence-electron chi connectivity index (χ2n) is 9.65. The molecule has 0 radical (unpaired) electrons. The highest BCUT2D eigenvalue weighted by Gasteiger charge is 2.13. The van der Waals surface area contributed by atoms with Crippen molar-refractivity contribution in [3.8, 4) is 0 Å². The van der Waals surface area contributed by atoms with E-state index in [2.05, 4.69) is 62.8 Å². The van der Waals surface area contributed by atoms with E-state index >= 15 is 0 Å². The monoisotopic (exact) mass is 433 g/mol. The van der Waals surface area contributed by atoms with Crippen LogP contribution >= 0.6 is 0 Å². The van der Waals surface area contributed by atoms with E-state index in [-0.39, 0.29) is 0 Å². The molecule has 0 amide bonds. The number of hydrogen-bond acceptors (Lipinski definition) is 3. The Labute approximate surface area is 196 Å². The van der Waals surface area contributed by atoms with Gasteiger partial charge in [0.2, 0.25) is 0 Å². The van der Waals surface area contributed by atoms with E-state index in [1.54, 1.807) is 0 Å². The molecule has 1 heterocycles. The van der Waals surface area contributed by atoms with Gasteiger partial charge in [-0.2, -0.15) is 0 Å². The molecule has 0 unspecified atom stereocenters. The number of hydrogen-bond donors (Lipinski definition) is 0. The molecule has 0 spiro atoms. The number of anilines is 1. The van der Waals surface area contributed by atoms with Crippen molar-refractivity contribution in [2.45, 2.75) is 73.6 Å². The third-order valence-electron chi connectivity index (χ3n) is 6.30. The summed E-state index contributed by atoms with van der Waals surface area (Å²) in [5, 5.41) is 1.10. The van der Waals surface area contributed by atoms with Gasteiger partial charge in [-0.05, 0) is 62.3 Å². The molecule has 4 rings (SSSR count). The highest BCUT2D eigenvalue weighted by molar-refractivity contribution is 5.89. The van der Waals surface area contributed by atoms with Crippen LogP contribution in [0.3, 0.4) is 0 Å². The van der Waals surface area contributed by atoms with Crippen molar-refractivity contribution in [3.05, 3.63) is 65.0 Å². The van der Waals surface area contributed by atoms with Crippen molar-refractivity contribution >= 4 is 16.7 Å². The molecule has 174 valence electrons. The van der Waals surface area contributed by atoms with Crippen LogP contribution in [-0.2, 0) is 6.42 Å². The Bertz CT molecular complexity index is 959. The van der Waals surface area contributed by atoms with Gasteiger partial charge in [-0.25, -0.2) is 9.97 Å². The first-order valence-electron chi connectivity index (χ1n) is 12.2. The Balaban J connectivity index is 0.000000178. The third kappa shape index (κ3) is 7.93. The fourth-order valence-electron chi connectivity index (χ4n) is 4.18. The van der Waals surface area contributed by atoms with E-state index in [1.165, 1.54) is 42.4 Å². The van der Waals surface area contributed by atoms with Crippen LogP contribution in [0.1, 0.15) is 69.0 Å². The van der Waals surface area contributed by atoms with Gasteiger partial charge >= 0.3 is 0 Å². The number of rotatable bonds is 2. The first-order chi connectivity index (χ1) is 15.2. The molecule has 3 nitrogen and oxygen atoms in total. The van der Waals surface area contributed by atoms with E-state index in [9.17, 15) is 0 Å². The van der Waals surface area contributed by atoms with Crippen LogP contribution in [0.2, 0.25) is 0 Å². The normalized spacial score (nSPS) is 17.6. The van der Waals surface area contributed by atoms with Gasteiger partial charge in [-0.1, -0.05) is 82.3 Å². The Morgan fingerprint density at radius 3 is 1.97 bits per heavy atom. The van der Waals surface area contributed by atoms with Crippen LogP contribution in [-0.4, -0.2) is 24.1 Å². The molecule has 3 aromatic rings. The zero-order chi connectivity index (χ0) is 23.7. The maximum Gasteiger partial charge on any atom is 0.139 e. The van der Waals surface area contributed by atoms with Gasteiger partial charge in [-0.15, -0.1) is 0 Å². The van der Waals surface area contributed by atoms with Gasteiger partial charge in [0.15, 0.2) is 0 Å². The summed E-state index contributed by atoms with van der Waals surface area (Å²) in [6, 6.07) is 14.7. The van der Waals surface area contributed by atoms with Gasteiger partial charge in [0.25, 0.3) is 0 Å². The largest absolute Gasteiger partial charge is 0.362 e. The lowest BCUT2D eigenvalue weighted by molar-refractivity contribution is 0.308. The molecule has 0 aliphatic heterocycles. The molecule has 2 aromatic carbocycles. The Hall–Kier alpha value is -2.42. The number of para-hydroxylation sites is 1. The van der Waals surface area contributed by atoms with E-state index < -0.39 is 0 Å². The molecular weight excluding hydrogens is 390 g/mol. The second-order valence-corrected chi connectivity index (χ2v) is 9.65. The lowest BCUT2D eigenvalue weighted by Gasteiger charge is -2.22. The first kappa shape index (κ1) is 25.8. The van der Waals surface area contributed by atoms with Crippen molar-refractivity contribution in [2.24, 2.45) is 11.8 Å². The lowest BCUT2D eigenvalue weighted by atomic mass is 9.84. The van der Waals surface area contributed by atoms with Gasteiger partial charge in [0.05, 0.1) is 5.52 Å². The van der Waals surface area contributed by atoms with Crippen LogP contribution in [0, 0.1) is 32.6 Å². The fraction of sp³-hybridized carbons (Fsp3) is 0.517. The van der Waals surface area contributed by atoms with Crippen LogP contribution < -0.4 is 4.90 Å². The minimum atomic E-state index is 0.812. The van der Waals surface area contributed by atoms with Crippen molar-refractivity contribution in [1.82, 2.24) is 9.97 Å². The highest BCUT2D eigenvalue weighted by Crippen LogP contribution is 2.27. The van der Waals surface area contributed by atoms with Crippen LogP contribution in [0.4, 0.5) is 5.82 Å². The summed E-state index contributed by atoms with van der Waals surface area (Å²) in [6.07, 6.45) is 7.04. The lowest BCUT2D eigenvalue weighted by Crippen LogP contribution is -2.12. The minimum Gasteiger partial charge on any atom is -0.362 e. The van der Waals surface area contributed by atoms with Crippen molar-refractivity contribution in [1.29, 1.82) is 0 Å². The smallest absolute Gasteiger partial charge is 0.139 e. The zero-order valence-electron chi connectivity index (χ0n) is 21.6. The molecular formula is C29H43N3. The quantitative estimate of drug-likeness (QED) is 0.414. The van der Waals surface area contributed by atoms with E-state index in [4.69, 9.17) is 0 Å². The number of benzene rings is 2. The number of aryl methyl sites for hydroxylation is 4. The van der Waals surface area contributed by atoms with Crippen LogP contribution in [0.15, 0.2) is 42.5 Å². The molecule has 0 N–H and O–H groups in total. The standard InChI is InChI=1S/C11H13N3.C10H14.C8H16/c1-8-12-10-7-5-4-6-9(10)11(13-8)14(2)3;1-4-10-6-5-8(2)7-9(10)3;1-7-3-5-8(2)6-4-7/h4-7H,1-3H3;5-7H,4H2,1-3H3;7-8H,3-6H2,1-2H3. The summed E-state index contributed by atoms with van der Waals surface area (Å²) in [5.41, 5.74) is 5.24. The average Bonchev–Trinajstić information content (AvgIpc) is 2.76. The van der Waals surface area contributed by atoms with Crippen molar-refractivity contribution in [2.75, 3.05) is 19.0 Å². The zero-order valence-corrected chi connectivity index (χ0v) is 21.6. The summed E-state index contributed by atoms with van der Waals surface area (Å²) in [4.78, 5) is 10.8. The van der Waals surface area contributed by atoms with Gasteiger partial charge in [0.1, 0.15) is 11.6 Å². The maximum atomic E-state index is 4.42. The third-order valence-corrected chi connectivity index (χ3v) is 6.30. The Kier molecular flexibility index (Phi) is 10.2. The predicted molar refractivity (Wildman–Crippen MR) is 141 cm³/mol. The summed E-state index contributed by atoms with van der Waals surface area (Å²) in [7, 11) is 3.99. The number of aromatic nitrogens is 2. The molecule has 1 saturated carbocycles. The van der Waals surface area contributed by atoms with E-state index in [0.29, 0.717) is 0 Å².